The third-order valence-corrected chi connectivity index (χ3v) is 6.13. The van der Waals surface area contributed by atoms with Crippen LogP contribution in [-0.4, -0.2) is 65.7 Å². The van der Waals surface area contributed by atoms with E-state index in [0.29, 0.717) is 37.6 Å². The van der Waals surface area contributed by atoms with Crippen molar-refractivity contribution in [2.45, 2.75) is 38.6 Å². The zero-order chi connectivity index (χ0) is 17.4. The van der Waals surface area contributed by atoms with Crippen molar-refractivity contribution in [3.63, 3.8) is 0 Å². The third-order valence-electron chi connectivity index (χ3n) is 3.98. The Morgan fingerprint density at radius 2 is 1.74 bits per heavy atom. The lowest BCUT2D eigenvalue weighted by Crippen LogP contribution is -2.54. The molecule has 1 aliphatic heterocycles. The Bertz CT molecular complexity index is 688. The van der Waals surface area contributed by atoms with E-state index < -0.39 is 10.0 Å². The second-order valence-electron chi connectivity index (χ2n) is 6.12. The van der Waals surface area contributed by atoms with Crippen molar-refractivity contribution in [2.24, 2.45) is 7.05 Å². The van der Waals surface area contributed by atoms with Gasteiger partial charge in [0.25, 0.3) is 0 Å². The molecule has 130 valence electrons. The molecule has 23 heavy (non-hydrogen) atoms. The van der Waals surface area contributed by atoms with Gasteiger partial charge in [-0.3, -0.25) is 4.68 Å². The summed E-state index contributed by atoms with van der Waals surface area (Å²) in [5.74, 6) is 0. The highest BCUT2D eigenvalue weighted by molar-refractivity contribution is 7.89. The van der Waals surface area contributed by atoms with Crippen LogP contribution >= 0.6 is 0 Å². The van der Waals surface area contributed by atoms with Gasteiger partial charge < -0.3 is 10.2 Å². The van der Waals surface area contributed by atoms with Crippen molar-refractivity contribution in [3.8, 4) is 0 Å². The monoisotopic (exact) mass is 343 g/mol. The van der Waals surface area contributed by atoms with Crippen LogP contribution in [0, 0.1) is 13.8 Å². The molecule has 8 nitrogen and oxygen atoms in total. The number of carbonyl (C=O) groups excluding carboxylic acids is 1. The van der Waals surface area contributed by atoms with Gasteiger partial charge in [0.1, 0.15) is 4.90 Å². The summed E-state index contributed by atoms with van der Waals surface area (Å²) in [6.45, 7) is 8.60. The number of carbonyl (C=O) groups is 1. The lowest BCUT2D eigenvalue weighted by molar-refractivity contribution is 0.170. The van der Waals surface area contributed by atoms with Crippen molar-refractivity contribution in [3.05, 3.63) is 11.4 Å². The fourth-order valence-electron chi connectivity index (χ4n) is 2.73. The van der Waals surface area contributed by atoms with Gasteiger partial charge in [-0.1, -0.05) is 0 Å². The highest BCUT2D eigenvalue weighted by Gasteiger charge is 2.33. The Morgan fingerprint density at radius 3 is 2.17 bits per heavy atom. The van der Waals surface area contributed by atoms with Crippen molar-refractivity contribution in [1.82, 2.24) is 24.3 Å². The van der Waals surface area contributed by atoms with Crippen LogP contribution in [0.4, 0.5) is 4.79 Å². The number of sulfonamides is 1. The van der Waals surface area contributed by atoms with Crippen LogP contribution in [0.2, 0.25) is 0 Å². The van der Waals surface area contributed by atoms with Gasteiger partial charge in [0, 0.05) is 39.3 Å². The van der Waals surface area contributed by atoms with Gasteiger partial charge in [0.2, 0.25) is 10.0 Å². The number of piperazine rings is 1. The Hall–Kier alpha value is -1.61. The van der Waals surface area contributed by atoms with E-state index in [4.69, 9.17) is 0 Å². The van der Waals surface area contributed by atoms with Crippen molar-refractivity contribution in [2.75, 3.05) is 26.2 Å². The topological polar surface area (TPSA) is 87.5 Å². The van der Waals surface area contributed by atoms with Crippen molar-refractivity contribution in [1.29, 1.82) is 0 Å². The summed E-state index contributed by atoms with van der Waals surface area (Å²) < 4.78 is 28.7. The van der Waals surface area contributed by atoms with Crippen LogP contribution in [0.3, 0.4) is 0 Å². The average molecular weight is 343 g/mol. The maximum atomic E-state index is 12.9. The molecule has 2 rings (SSSR count). The normalized spacial score (nSPS) is 16.9. The van der Waals surface area contributed by atoms with Crippen molar-refractivity contribution >= 4 is 16.1 Å². The molecule has 0 unspecified atom stereocenters. The smallest absolute Gasteiger partial charge is 0.317 e. The first kappa shape index (κ1) is 17.7. The molecular formula is C14H25N5O3S. The van der Waals surface area contributed by atoms with Crippen LogP contribution in [0.1, 0.15) is 25.2 Å². The molecule has 0 aromatic carbocycles. The molecule has 0 radical (unpaired) electrons. The number of aromatic nitrogens is 2. The summed E-state index contributed by atoms with van der Waals surface area (Å²) in [6.07, 6.45) is 0. The number of amides is 2. The number of urea groups is 1. The maximum absolute atomic E-state index is 12.9. The Balaban J connectivity index is 2.11. The molecule has 1 fully saturated rings. The number of nitrogens with one attached hydrogen (secondary N) is 1. The molecule has 1 N–H and O–H groups in total. The largest absolute Gasteiger partial charge is 0.336 e. The second kappa shape index (κ2) is 6.48. The summed E-state index contributed by atoms with van der Waals surface area (Å²) in [5, 5.41) is 7.01. The van der Waals surface area contributed by atoms with Crippen LogP contribution in [0.5, 0.6) is 0 Å². The highest BCUT2D eigenvalue weighted by Crippen LogP contribution is 2.23. The number of nitrogens with zero attached hydrogens (tertiary/aromatic N) is 4. The van der Waals surface area contributed by atoms with Gasteiger partial charge in [0.15, 0.2) is 0 Å². The van der Waals surface area contributed by atoms with E-state index >= 15 is 0 Å². The minimum Gasteiger partial charge on any atom is -0.336 e. The zero-order valence-corrected chi connectivity index (χ0v) is 15.1. The average Bonchev–Trinajstić information content (AvgIpc) is 2.72. The third kappa shape index (κ3) is 3.50. The minimum absolute atomic E-state index is 0.0601. The predicted molar refractivity (Wildman–Crippen MR) is 86.7 cm³/mol. The first-order chi connectivity index (χ1) is 10.6. The summed E-state index contributed by atoms with van der Waals surface area (Å²) in [4.78, 5) is 13.9. The lowest BCUT2D eigenvalue weighted by atomic mass is 10.3. The standard InChI is InChI=1S/C14H25N5O3S/c1-10(2)15-14(20)18-6-8-19(9-7-18)23(21,22)13-11(3)16-17(5)12(13)4/h10H,6-9H2,1-5H3,(H,15,20). The summed E-state index contributed by atoms with van der Waals surface area (Å²) in [6, 6.07) is -0.0873. The highest BCUT2D eigenvalue weighted by atomic mass is 32.2. The molecule has 0 saturated carbocycles. The maximum Gasteiger partial charge on any atom is 0.317 e. The first-order valence-corrected chi connectivity index (χ1v) is 9.14. The molecule has 9 heteroatoms. The van der Waals surface area contributed by atoms with E-state index in [1.807, 2.05) is 13.8 Å². The van der Waals surface area contributed by atoms with Gasteiger partial charge in [-0.05, 0) is 27.7 Å². The second-order valence-corrected chi connectivity index (χ2v) is 7.99. The SMILES string of the molecule is Cc1nn(C)c(C)c1S(=O)(=O)N1CCN(C(=O)NC(C)C)CC1. The molecule has 0 spiro atoms. The molecule has 2 amide bonds. The number of aryl methyl sites for hydroxylation is 2. The molecule has 0 atom stereocenters. The van der Waals surface area contributed by atoms with Crippen LogP contribution < -0.4 is 5.32 Å². The molecule has 0 aliphatic carbocycles. The van der Waals surface area contributed by atoms with E-state index in [1.54, 1.807) is 30.5 Å². The lowest BCUT2D eigenvalue weighted by Gasteiger charge is -2.34. The van der Waals surface area contributed by atoms with Gasteiger partial charge in [-0.15, -0.1) is 0 Å². The van der Waals surface area contributed by atoms with E-state index in [-0.39, 0.29) is 17.0 Å². The molecule has 1 saturated heterocycles. The van der Waals surface area contributed by atoms with Crippen LogP contribution in [0.15, 0.2) is 4.90 Å². The Labute approximate surface area is 137 Å². The van der Waals surface area contributed by atoms with Gasteiger partial charge in [0.05, 0.1) is 11.4 Å². The van der Waals surface area contributed by atoms with E-state index in [0.717, 1.165) is 0 Å². The quantitative estimate of drug-likeness (QED) is 0.864. The van der Waals surface area contributed by atoms with Gasteiger partial charge in [-0.2, -0.15) is 9.40 Å². The summed E-state index contributed by atoms with van der Waals surface area (Å²) >= 11 is 0. The predicted octanol–water partition coefficient (Wildman–Crippen LogP) is 0.461. The number of hydrogen-bond acceptors (Lipinski definition) is 4. The van der Waals surface area contributed by atoms with E-state index in [1.165, 1.54) is 4.31 Å². The minimum atomic E-state index is -3.58. The van der Waals surface area contributed by atoms with Crippen LogP contribution in [0.25, 0.3) is 0 Å². The van der Waals surface area contributed by atoms with Gasteiger partial charge >= 0.3 is 6.03 Å². The fourth-order valence-corrected chi connectivity index (χ4v) is 4.55. The number of rotatable bonds is 3. The molecule has 1 aromatic rings. The first-order valence-electron chi connectivity index (χ1n) is 7.70. The zero-order valence-electron chi connectivity index (χ0n) is 14.3. The fraction of sp³-hybridized carbons (Fsp3) is 0.714. The van der Waals surface area contributed by atoms with Crippen LogP contribution in [-0.2, 0) is 17.1 Å². The van der Waals surface area contributed by atoms with E-state index in [2.05, 4.69) is 10.4 Å². The van der Waals surface area contributed by atoms with E-state index in [9.17, 15) is 13.2 Å². The molecular weight excluding hydrogens is 318 g/mol. The molecule has 2 heterocycles. The Morgan fingerprint density at radius 1 is 1.17 bits per heavy atom. The Kier molecular flexibility index (Phi) is 5.00. The molecule has 1 aliphatic rings. The summed E-state index contributed by atoms with van der Waals surface area (Å²) in [5.41, 5.74) is 1.13. The van der Waals surface area contributed by atoms with Gasteiger partial charge in [-0.25, -0.2) is 13.2 Å². The molecule has 0 bridgehead atoms. The number of hydrogen-bond donors (Lipinski definition) is 1. The molecule has 1 aromatic heterocycles. The summed E-state index contributed by atoms with van der Waals surface area (Å²) in [7, 11) is -1.85. The van der Waals surface area contributed by atoms with Crippen molar-refractivity contribution < 1.29 is 13.2 Å².